The molecule has 0 aliphatic heterocycles. The van der Waals surface area contributed by atoms with E-state index < -0.39 is 0 Å². The molecule has 0 spiro atoms. The van der Waals surface area contributed by atoms with Gasteiger partial charge in [-0.15, -0.1) is 12.4 Å². The Morgan fingerprint density at radius 2 is 1.80 bits per heavy atom. The molecule has 2 aromatic rings. The number of rotatable bonds is 10. The van der Waals surface area contributed by atoms with Crippen LogP contribution in [0.1, 0.15) is 28.8 Å². The fourth-order valence-electron chi connectivity index (χ4n) is 3.12. The van der Waals surface area contributed by atoms with E-state index in [1.165, 1.54) is 12.8 Å². The summed E-state index contributed by atoms with van der Waals surface area (Å²) in [6, 6.07) is 15.0. The van der Waals surface area contributed by atoms with Crippen LogP contribution in [0.4, 0.5) is 5.69 Å². The first kappa shape index (κ1) is 23.7. The van der Waals surface area contributed by atoms with Crippen LogP contribution in [-0.4, -0.2) is 45.6 Å². The highest BCUT2D eigenvalue weighted by Crippen LogP contribution is 2.27. The van der Waals surface area contributed by atoms with Crippen molar-refractivity contribution in [3.63, 3.8) is 0 Å². The average molecular weight is 432 g/mol. The van der Waals surface area contributed by atoms with Crippen LogP contribution in [0.15, 0.2) is 48.5 Å². The summed E-state index contributed by atoms with van der Waals surface area (Å²) in [5.74, 6) is 1.30. The highest BCUT2D eigenvalue weighted by atomic mass is 35.5. The number of hydrogen-bond acceptors (Lipinski definition) is 4. The van der Waals surface area contributed by atoms with Gasteiger partial charge in [-0.3, -0.25) is 9.59 Å². The Hall–Kier alpha value is -2.57. The summed E-state index contributed by atoms with van der Waals surface area (Å²) in [7, 11) is 3.35. The molecule has 162 valence electrons. The average Bonchev–Trinajstić information content (AvgIpc) is 3.58. The summed E-state index contributed by atoms with van der Waals surface area (Å²) < 4.78 is 5.16. The third kappa shape index (κ3) is 6.75. The Balaban J connectivity index is 0.00000320. The SMILES string of the molecule is COc1ccc(CCNC(=O)c2ccccc2N(C)C(=O)CNCC2CC2)cc1.Cl. The van der Waals surface area contributed by atoms with Crippen molar-refractivity contribution in [1.29, 1.82) is 0 Å². The molecule has 1 aliphatic rings. The quantitative estimate of drug-likeness (QED) is 0.606. The highest BCUT2D eigenvalue weighted by Gasteiger charge is 2.22. The van der Waals surface area contributed by atoms with Gasteiger partial charge in [0.2, 0.25) is 5.91 Å². The Labute approximate surface area is 184 Å². The van der Waals surface area contributed by atoms with Crippen LogP contribution in [0.5, 0.6) is 5.75 Å². The third-order valence-corrected chi connectivity index (χ3v) is 5.15. The Kier molecular flexibility index (Phi) is 9.15. The predicted octanol–water partition coefficient (Wildman–Crippen LogP) is 3.05. The third-order valence-electron chi connectivity index (χ3n) is 5.15. The molecular weight excluding hydrogens is 402 g/mol. The van der Waals surface area contributed by atoms with E-state index in [4.69, 9.17) is 4.74 Å². The second kappa shape index (κ2) is 11.6. The molecule has 1 fully saturated rings. The fraction of sp³-hybridized carbons (Fsp3) is 0.391. The zero-order chi connectivity index (χ0) is 20.6. The van der Waals surface area contributed by atoms with Crippen molar-refractivity contribution in [2.45, 2.75) is 19.3 Å². The van der Waals surface area contributed by atoms with Crippen LogP contribution >= 0.6 is 12.4 Å². The van der Waals surface area contributed by atoms with Gasteiger partial charge in [0, 0.05) is 13.6 Å². The standard InChI is InChI=1S/C23H29N3O3.ClH/c1-26(22(27)16-24-15-18-7-8-18)21-6-4-3-5-20(21)23(28)25-14-13-17-9-11-19(29-2)12-10-17;/h3-6,9-12,18,24H,7-8,13-16H2,1-2H3,(H,25,28);1H. The Morgan fingerprint density at radius 1 is 1.10 bits per heavy atom. The minimum absolute atomic E-state index is 0. The molecule has 2 amide bonds. The number of para-hydroxylation sites is 1. The molecule has 0 aromatic heterocycles. The van der Waals surface area contributed by atoms with E-state index in [0.717, 1.165) is 30.2 Å². The molecule has 0 bridgehead atoms. The van der Waals surface area contributed by atoms with Crippen molar-refractivity contribution >= 4 is 29.9 Å². The number of carbonyl (C=O) groups is 2. The first-order valence-electron chi connectivity index (χ1n) is 10.1. The van der Waals surface area contributed by atoms with Crippen molar-refractivity contribution in [3.8, 4) is 5.75 Å². The van der Waals surface area contributed by atoms with Gasteiger partial charge in [-0.05, 0) is 61.6 Å². The van der Waals surface area contributed by atoms with Gasteiger partial charge in [-0.2, -0.15) is 0 Å². The maximum atomic E-state index is 12.7. The van der Waals surface area contributed by atoms with Crippen LogP contribution in [0.2, 0.25) is 0 Å². The number of ether oxygens (including phenoxy) is 1. The fourth-order valence-corrected chi connectivity index (χ4v) is 3.12. The molecule has 3 rings (SSSR count). The van der Waals surface area contributed by atoms with E-state index in [9.17, 15) is 9.59 Å². The van der Waals surface area contributed by atoms with Gasteiger partial charge in [0.15, 0.2) is 0 Å². The second-order valence-electron chi connectivity index (χ2n) is 7.40. The summed E-state index contributed by atoms with van der Waals surface area (Å²) in [5.41, 5.74) is 2.24. The van der Waals surface area contributed by atoms with Crippen molar-refractivity contribution < 1.29 is 14.3 Å². The predicted molar refractivity (Wildman–Crippen MR) is 122 cm³/mol. The number of nitrogens with zero attached hydrogens (tertiary/aromatic N) is 1. The molecule has 1 aliphatic carbocycles. The van der Waals surface area contributed by atoms with Crippen LogP contribution in [-0.2, 0) is 11.2 Å². The first-order chi connectivity index (χ1) is 14.1. The maximum Gasteiger partial charge on any atom is 0.253 e. The molecule has 0 atom stereocenters. The number of likely N-dealkylation sites (N-methyl/N-ethyl adjacent to an activating group) is 1. The monoisotopic (exact) mass is 431 g/mol. The lowest BCUT2D eigenvalue weighted by Crippen LogP contribution is -2.37. The largest absolute Gasteiger partial charge is 0.497 e. The highest BCUT2D eigenvalue weighted by molar-refractivity contribution is 6.05. The molecule has 0 saturated heterocycles. The lowest BCUT2D eigenvalue weighted by atomic mass is 10.1. The molecule has 2 aromatic carbocycles. The number of nitrogens with one attached hydrogen (secondary N) is 2. The molecule has 0 unspecified atom stereocenters. The summed E-state index contributed by atoms with van der Waals surface area (Å²) in [6.45, 7) is 1.67. The smallest absolute Gasteiger partial charge is 0.253 e. The molecule has 7 heteroatoms. The van der Waals surface area contributed by atoms with Crippen LogP contribution in [0, 0.1) is 5.92 Å². The zero-order valence-electron chi connectivity index (χ0n) is 17.5. The molecule has 1 saturated carbocycles. The summed E-state index contributed by atoms with van der Waals surface area (Å²) >= 11 is 0. The number of halogens is 1. The number of benzene rings is 2. The summed E-state index contributed by atoms with van der Waals surface area (Å²) in [5, 5.41) is 6.16. The van der Waals surface area contributed by atoms with Gasteiger partial charge in [0.05, 0.1) is 24.9 Å². The van der Waals surface area contributed by atoms with Crippen LogP contribution in [0.25, 0.3) is 0 Å². The second-order valence-corrected chi connectivity index (χ2v) is 7.40. The van der Waals surface area contributed by atoms with Gasteiger partial charge >= 0.3 is 0 Å². The minimum atomic E-state index is -0.181. The van der Waals surface area contributed by atoms with Crippen molar-refractivity contribution in [2.75, 3.05) is 38.7 Å². The molecule has 30 heavy (non-hydrogen) atoms. The number of carbonyl (C=O) groups excluding carboxylic acids is 2. The van der Waals surface area contributed by atoms with Gasteiger partial charge in [0.1, 0.15) is 5.75 Å². The van der Waals surface area contributed by atoms with Crippen molar-refractivity contribution in [2.24, 2.45) is 5.92 Å². The summed E-state index contributed by atoms with van der Waals surface area (Å²) in [6.07, 6.45) is 3.21. The van der Waals surface area contributed by atoms with E-state index in [2.05, 4.69) is 10.6 Å². The molecule has 6 nitrogen and oxygen atoms in total. The van der Waals surface area contributed by atoms with Gasteiger partial charge in [-0.1, -0.05) is 24.3 Å². The van der Waals surface area contributed by atoms with Gasteiger partial charge in [-0.25, -0.2) is 0 Å². The molecule has 2 N–H and O–H groups in total. The van der Waals surface area contributed by atoms with Gasteiger partial charge in [0.25, 0.3) is 5.91 Å². The van der Waals surface area contributed by atoms with Crippen LogP contribution in [0.3, 0.4) is 0 Å². The number of hydrogen-bond donors (Lipinski definition) is 2. The molecule has 0 heterocycles. The lowest BCUT2D eigenvalue weighted by Gasteiger charge is -2.20. The maximum absolute atomic E-state index is 12.7. The van der Waals surface area contributed by atoms with E-state index in [1.54, 1.807) is 31.2 Å². The molecular formula is C23H30ClN3O3. The Morgan fingerprint density at radius 3 is 2.47 bits per heavy atom. The number of methoxy groups -OCH3 is 1. The topological polar surface area (TPSA) is 70.7 Å². The first-order valence-corrected chi connectivity index (χ1v) is 10.1. The van der Waals surface area contributed by atoms with Gasteiger partial charge < -0.3 is 20.3 Å². The number of amides is 2. The molecule has 0 radical (unpaired) electrons. The van der Waals surface area contributed by atoms with Crippen molar-refractivity contribution in [3.05, 3.63) is 59.7 Å². The van der Waals surface area contributed by atoms with Crippen LogP contribution < -0.4 is 20.3 Å². The van der Waals surface area contributed by atoms with E-state index in [-0.39, 0.29) is 30.8 Å². The summed E-state index contributed by atoms with van der Waals surface area (Å²) in [4.78, 5) is 26.8. The van der Waals surface area contributed by atoms with E-state index in [1.807, 2.05) is 36.4 Å². The minimum Gasteiger partial charge on any atom is -0.497 e. The number of anilines is 1. The Bertz CT molecular complexity index is 838. The zero-order valence-corrected chi connectivity index (χ0v) is 18.3. The lowest BCUT2D eigenvalue weighted by molar-refractivity contribution is -0.117. The normalized spacial score (nSPS) is 12.6. The van der Waals surface area contributed by atoms with E-state index >= 15 is 0 Å². The van der Waals surface area contributed by atoms with Crippen molar-refractivity contribution in [1.82, 2.24) is 10.6 Å². The van der Waals surface area contributed by atoms with E-state index in [0.29, 0.717) is 17.8 Å².